The summed E-state index contributed by atoms with van der Waals surface area (Å²) in [4.78, 5) is 0. The molecule has 0 bridgehead atoms. The molecule has 0 aliphatic heterocycles. The highest BCUT2D eigenvalue weighted by Crippen LogP contribution is 2.44. The average Bonchev–Trinajstić information content (AvgIpc) is 2.46. The number of hydrogen-bond donors (Lipinski definition) is 0. The Kier molecular flexibility index (Phi) is 5.38. The van der Waals surface area contributed by atoms with Crippen LogP contribution in [-0.2, 0) is 4.74 Å². The molecule has 0 amide bonds. The van der Waals surface area contributed by atoms with Crippen molar-refractivity contribution in [3.63, 3.8) is 0 Å². The summed E-state index contributed by atoms with van der Waals surface area (Å²) in [5.41, 5.74) is -0.513. The van der Waals surface area contributed by atoms with Gasteiger partial charge in [-0.05, 0) is 43.9 Å². The van der Waals surface area contributed by atoms with Crippen LogP contribution in [0.5, 0.6) is 0 Å². The Hall–Kier alpha value is -0.250. The van der Waals surface area contributed by atoms with E-state index >= 15 is 0 Å². The maximum atomic E-state index is 12.4. The van der Waals surface area contributed by atoms with Crippen molar-refractivity contribution in [2.24, 2.45) is 11.8 Å². The van der Waals surface area contributed by atoms with Gasteiger partial charge in [-0.2, -0.15) is 13.2 Å². The molecule has 118 valence electrons. The summed E-state index contributed by atoms with van der Waals surface area (Å²) in [6.45, 7) is 0.867. The third-order valence-electron chi connectivity index (χ3n) is 5.44. The van der Waals surface area contributed by atoms with E-state index in [2.05, 4.69) is 0 Å². The van der Waals surface area contributed by atoms with Crippen molar-refractivity contribution in [3.8, 4) is 0 Å². The summed E-state index contributed by atoms with van der Waals surface area (Å²) in [5, 5.41) is 0. The van der Waals surface area contributed by atoms with Crippen LogP contribution in [0.3, 0.4) is 0 Å². The lowest BCUT2D eigenvalue weighted by Gasteiger charge is -2.42. The van der Waals surface area contributed by atoms with Crippen molar-refractivity contribution in [1.29, 1.82) is 0 Å². The molecule has 2 rings (SSSR count). The maximum absolute atomic E-state index is 12.4. The smallest absolute Gasteiger partial charge is 0.366 e. The van der Waals surface area contributed by atoms with Crippen LogP contribution in [0.4, 0.5) is 13.2 Å². The lowest BCUT2D eigenvalue weighted by molar-refractivity contribution is -0.213. The van der Waals surface area contributed by atoms with Crippen LogP contribution in [0.1, 0.15) is 71.1 Å². The Balaban J connectivity index is 1.83. The molecule has 0 atom stereocenters. The summed E-state index contributed by atoms with van der Waals surface area (Å²) in [7, 11) is 0. The van der Waals surface area contributed by atoms with Crippen LogP contribution in [0.15, 0.2) is 0 Å². The molecule has 0 saturated heterocycles. The standard InChI is InChI=1S/C16H27F3O/c1-2-15(20-12-16(17,18)19)10-8-14(9-11-15)13-6-4-3-5-7-13/h13-14H,2-12H2,1H3. The van der Waals surface area contributed by atoms with Crippen molar-refractivity contribution in [3.05, 3.63) is 0 Å². The second kappa shape index (κ2) is 6.67. The molecule has 0 spiro atoms. The van der Waals surface area contributed by atoms with E-state index in [0.717, 1.165) is 37.5 Å². The van der Waals surface area contributed by atoms with E-state index < -0.39 is 18.4 Å². The second-order valence-corrected chi connectivity index (χ2v) is 6.68. The molecular formula is C16H27F3O. The third-order valence-corrected chi connectivity index (χ3v) is 5.44. The van der Waals surface area contributed by atoms with E-state index in [9.17, 15) is 13.2 Å². The summed E-state index contributed by atoms with van der Waals surface area (Å²) in [6, 6.07) is 0. The van der Waals surface area contributed by atoms with E-state index in [1.54, 1.807) is 0 Å². The first-order chi connectivity index (χ1) is 9.44. The minimum atomic E-state index is -4.21. The lowest BCUT2D eigenvalue weighted by Crippen LogP contribution is -2.40. The van der Waals surface area contributed by atoms with E-state index in [4.69, 9.17) is 4.74 Å². The summed E-state index contributed by atoms with van der Waals surface area (Å²) in [5.74, 6) is 1.55. The van der Waals surface area contributed by atoms with Crippen LogP contribution in [0.25, 0.3) is 0 Å². The lowest BCUT2D eigenvalue weighted by atomic mass is 9.69. The summed E-state index contributed by atoms with van der Waals surface area (Å²) >= 11 is 0. The predicted molar refractivity (Wildman–Crippen MR) is 73.6 cm³/mol. The topological polar surface area (TPSA) is 9.23 Å². The van der Waals surface area contributed by atoms with Gasteiger partial charge in [-0.25, -0.2) is 0 Å². The molecule has 1 nitrogen and oxygen atoms in total. The molecule has 2 aliphatic rings. The maximum Gasteiger partial charge on any atom is 0.411 e. The second-order valence-electron chi connectivity index (χ2n) is 6.68. The van der Waals surface area contributed by atoms with Gasteiger partial charge in [0.1, 0.15) is 6.61 Å². The number of alkyl halides is 3. The highest BCUT2D eigenvalue weighted by atomic mass is 19.4. The van der Waals surface area contributed by atoms with Crippen molar-refractivity contribution in [2.45, 2.75) is 82.9 Å². The fourth-order valence-corrected chi connectivity index (χ4v) is 4.08. The van der Waals surface area contributed by atoms with Crippen molar-refractivity contribution in [2.75, 3.05) is 6.61 Å². The highest BCUT2D eigenvalue weighted by Gasteiger charge is 2.40. The minimum absolute atomic E-state index is 0.513. The van der Waals surface area contributed by atoms with Gasteiger partial charge in [-0.3, -0.25) is 0 Å². The van der Waals surface area contributed by atoms with Gasteiger partial charge in [0, 0.05) is 0 Å². The van der Waals surface area contributed by atoms with Crippen LogP contribution >= 0.6 is 0 Å². The van der Waals surface area contributed by atoms with Gasteiger partial charge < -0.3 is 4.74 Å². The fourth-order valence-electron chi connectivity index (χ4n) is 4.08. The molecule has 2 saturated carbocycles. The Bertz CT molecular complexity index is 287. The molecular weight excluding hydrogens is 265 g/mol. The Morgan fingerprint density at radius 1 is 0.950 bits per heavy atom. The van der Waals surface area contributed by atoms with E-state index in [1.807, 2.05) is 6.92 Å². The molecule has 4 heteroatoms. The van der Waals surface area contributed by atoms with Crippen LogP contribution in [-0.4, -0.2) is 18.4 Å². The van der Waals surface area contributed by atoms with Crippen LogP contribution < -0.4 is 0 Å². The average molecular weight is 292 g/mol. The zero-order valence-electron chi connectivity index (χ0n) is 12.5. The van der Waals surface area contributed by atoms with Gasteiger partial charge in [0.25, 0.3) is 0 Å². The van der Waals surface area contributed by atoms with E-state index in [-0.39, 0.29) is 0 Å². The quantitative estimate of drug-likeness (QED) is 0.666. The predicted octanol–water partition coefficient (Wildman–Crippen LogP) is 5.48. The first-order valence-electron chi connectivity index (χ1n) is 8.15. The molecule has 2 aliphatic carbocycles. The van der Waals surface area contributed by atoms with Gasteiger partial charge in [-0.1, -0.05) is 39.0 Å². The summed E-state index contributed by atoms with van der Waals surface area (Å²) < 4.78 is 42.4. The van der Waals surface area contributed by atoms with Crippen molar-refractivity contribution < 1.29 is 17.9 Å². The van der Waals surface area contributed by atoms with Crippen LogP contribution in [0.2, 0.25) is 0 Å². The Morgan fingerprint density at radius 3 is 2.00 bits per heavy atom. The fraction of sp³-hybridized carbons (Fsp3) is 1.00. The number of hydrogen-bond acceptors (Lipinski definition) is 1. The number of ether oxygens (including phenoxy) is 1. The van der Waals surface area contributed by atoms with E-state index in [1.165, 1.54) is 32.1 Å². The van der Waals surface area contributed by atoms with Crippen molar-refractivity contribution in [1.82, 2.24) is 0 Å². The highest BCUT2D eigenvalue weighted by molar-refractivity contribution is 4.89. The minimum Gasteiger partial charge on any atom is -0.366 e. The molecule has 0 aromatic rings. The van der Waals surface area contributed by atoms with Crippen LogP contribution in [0, 0.1) is 11.8 Å². The van der Waals surface area contributed by atoms with Gasteiger partial charge in [0.2, 0.25) is 0 Å². The summed E-state index contributed by atoms with van der Waals surface area (Å²) in [6.07, 6.45) is 6.89. The van der Waals surface area contributed by atoms with Crippen molar-refractivity contribution >= 4 is 0 Å². The first-order valence-corrected chi connectivity index (χ1v) is 8.15. The SMILES string of the molecule is CCC1(OCC(F)(F)F)CCC(C2CCCCC2)CC1. The molecule has 0 heterocycles. The number of halogens is 3. The van der Waals surface area contributed by atoms with E-state index in [0.29, 0.717) is 6.42 Å². The van der Waals surface area contributed by atoms with Gasteiger partial charge >= 0.3 is 6.18 Å². The molecule has 0 N–H and O–H groups in total. The number of rotatable bonds is 4. The van der Waals surface area contributed by atoms with Gasteiger partial charge in [-0.15, -0.1) is 0 Å². The van der Waals surface area contributed by atoms with Gasteiger partial charge in [0.05, 0.1) is 5.60 Å². The Morgan fingerprint density at radius 2 is 1.50 bits per heavy atom. The normalized spacial score (nSPS) is 33.3. The molecule has 0 radical (unpaired) electrons. The molecule has 0 aromatic carbocycles. The molecule has 0 aromatic heterocycles. The molecule has 0 unspecified atom stereocenters. The Labute approximate surface area is 120 Å². The zero-order valence-corrected chi connectivity index (χ0v) is 12.5. The molecule has 2 fully saturated rings. The third kappa shape index (κ3) is 4.37. The molecule has 20 heavy (non-hydrogen) atoms. The van der Waals surface area contributed by atoms with Gasteiger partial charge in [0.15, 0.2) is 0 Å². The zero-order chi connectivity index (χ0) is 14.6. The first kappa shape index (κ1) is 16.1. The monoisotopic (exact) mass is 292 g/mol. The largest absolute Gasteiger partial charge is 0.411 e.